The van der Waals surface area contributed by atoms with Crippen LogP contribution in [0.4, 0.5) is 10.3 Å². The molecule has 0 aliphatic carbocycles. The predicted molar refractivity (Wildman–Crippen MR) is 227 cm³/mol. The van der Waals surface area contributed by atoms with Crippen LogP contribution in [0, 0.1) is 11.3 Å². The van der Waals surface area contributed by atoms with Crippen LogP contribution in [0.2, 0.25) is 0 Å². The summed E-state index contributed by atoms with van der Waals surface area (Å²) in [7, 11) is 4.83. The van der Waals surface area contributed by atoms with E-state index in [0.29, 0.717) is 11.5 Å². The van der Waals surface area contributed by atoms with Crippen molar-refractivity contribution in [1.29, 1.82) is 5.26 Å². The molecule has 2 aromatic heterocycles. The first-order valence-corrected chi connectivity index (χ1v) is 20.7. The summed E-state index contributed by atoms with van der Waals surface area (Å²) in [4.78, 5) is 30.6. The number of aliphatic imine (C=N–C) groups is 1. The van der Waals surface area contributed by atoms with Gasteiger partial charge in [0.2, 0.25) is 5.95 Å². The number of nitriles is 1. The summed E-state index contributed by atoms with van der Waals surface area (Å²) in [6, 6.07) is 26.9. The summed E-state index contributed by atoms with van der Waals surface area (Å²) in [5.41, 5.74) is 0.595. The smallest absolute Gasteiger partial charge is 0.280 e. The molecule has 1 aliphatic rings. The van der Waals surface area contributed by atoms with Crippen molar-refractivity contribution in [2.24, 2.45) is 4.99 Å². The summed E-state index contributed by atoms with van der Waals surface area (Å²) in [6.45, 7) is 7.91. The minimum absolute atomic E-state index is 0.00888. The van der Waals surface area contributed by atoms with Gasteiger partial charge >= 0.3 is 0 Å². The molecule has 3 heterocycles. The van der Waals surface area contributed by atoms with E-state index >= 15 is 4.39 Å². The first kappa shape index (κ1) is 44.3. The lowest BCUT2D eigenvalue weighted by molar-refractivity contribution is -0.0919. The summed E-state index contributed by atoms with van der Waals surface area (Å²) in [5.74, 6) is 1.33. The van der Waals surface area contributed by atoms with Crippen LogP contribution in [0.25, 0.3) is 11.2 Å². The Morgan fingerprint density at radius 1 is 0.983 bits per heavy atom. The number of nitrogens with zero attached hydrogens (tertiary/aromatic N) is 7. The SMILES string of the molecule is COc1ccc(C(OC[C@H]2O[C@@H](n3cnc4c(=O)[nH]c(/N=C\N(C)C)nc43)[C@@H](F)C2OP(OCCC#N)N(C(C)C)C(C)C)(c2ccccc2)c2ccc(OC)cc2)cc1. The summed E-state index contributed by atoms with van der Waals surface area (Å²) >= 11 is 0. The highest BCUT2D eigenvalue weighted by Crippen LogP contribution is 2.51. The first-order valence-electron chi connectivity index (χ1n) is 19.6. The van der Waals surface area contributed by atoms with Gasteiger partial charge in [-0.25, -0.2) is 19.0 Å². The topological polar surface area (TPSA) is 162 Å². The van der Waals surface area contributed by atoms with E-state index in [2.05, 4.69) is 26.0 Å². The maximum atomic E-state index is 17.6. The predicted octanol–water partition coefficient (Wildman–Crippen LogP) is 7.26. The minimum atomic E-state index is -1.93. The van der Waals surface area contributed by atoms with Crippen molar-refractivity contribution in [2.75, 3.05) is 41.5 Å². The molecule has 17 heteroatoms. The average Bonchev–Trinajstić information content (AvgIpc) is 3.81. The highest BCUT2D eigenvalue weighted by Gasteiger charge is 2.51. The Kier molecular flexibility index (Phi) is 14.7. The number of methoxy groups -OCH3 is 2. The van der Waals surface area contributed by atoms with Gasteiger partial charge in [0.25, 0.3) is 14.1 Å². The van der Waals surface area contributed by atoms with E-state index in [1.54, 1.807) is 33.2 Å². The highest BCUT2D eigenvalue weighted by atomic mass is 31.2. The molecule has 1 N–H and O–H groups in total. The lowest BCUT2D eigenvalue weighted by Crippen LogP contribution is -2.41. The minimum Gasteiger partial charge on any atom is -0.497 e. The summed E-state index contributed by atoms with van der Waals surface area (Å²) in [6.07, 6.45) is -2.59. The van der Waals surface area contributed by atoms with Crippen LogP contribution >= 0.6 is 8.53 Å². The molecule has 0 bridgehead atoms. The third-order valence-electron chi connectivity index (χ3n) is 9.88. The molecule has 318 valence electrons. The molecule has 0 radical (unpaired) electrons. The van der Waals surface area contributed by atoms with E-state index in [4.69, 9.17) is 28.0 Å². The molecule has 1 saturated heterocycles. The second-order valence-electron chi connectivity index (χ2n) is 14.9. The Morgan fingerprint density at radius 3 is 2.13 bits per heavy atom. The number of halogens is 1. The number of fused-ring (bicyclic) bond motifs is 1. The standard InChI is InChI=1S/C43H52FN8O7P/c1-28(2)52(29(3)4)60(57-24-12-23-45)59-38-35(58-41(36(38)44)51-27-46-37-39(51)48-42(49-40(37)53)47-26-50(5)6)25-56-43(30-13-10-9-11-14-30,31-15-19-33(54-7)20-16-31)32-17-21-34(55-8)22-18-32/h9-11,13-22,26-29,35-36,38,41H,12,24-25H2,1-8H3,(H,48,49,53)/b47-26-/t35-,36+,38?,41-,60?/m1/s1. The van der Waals surface area contributed by atoms with Gasteiger partial charge in [-0.3, -0.25) is 14.3 Å². The second kappa shape index (κ2) is 19.9. The van der Waals surface area contributed by atoms with Crippen molar-refractivity contribution in [3.05, 3.63) is 112 Å². The van der Waals surface area contributed by atoms with Gasteiger partial charge in [-0.15, -0.1) is 0 Å². The first-order chi connectivity index (χ1) is 28.9. The Balaban J connectivity index is 1.48. The fourth-order valence-corrected chi connectivity index (χ4v) is 8.96. The number of rotatable bonds is 19. The molecule has 5 aromatic rings. The molecule has 0 saturated carbocycles. The molecule has 2 unspecified atom stereocenters. The second-order valence-corrected chi connectivity index (χ2v) is 16.3. The van der Waals surface area contributed by atoms with Crippen LogP contribution in [0.3, 0.4) is 0 Å². The zero-order valence-electron chi connectivity index (χ0n) is 35.1. The number of hydrogen-bond acceptors (Lipinski definition) is 12. The molecule has 1 aliphatic heterocycles. The van der Waals surface area contributed by atoms with Gasteiger partial charge in [0.1, 0.15) is 29.3 Å². The highest BCUT2D eigenvalue weighted by molar-refractivity contribution is 7.44. The third-order valence-corrected chi connectivity index (χ3v) is 12.0. The molecule has 60 heavy (non-hydrogen) atoms. The number of hydrogen-bond donors (Lipinski definition) is 1. The summed E-state index contributed by atoms with van der Waals surface area (Å²) < 4.78 is 58.9. The van der Waals surface area contributed by atoms with E-state index in [1.807, 2.05) is 111 Å². The van der Waals surface area contributed by atoms with Crippen molar-refractivity contribution in [1.82, 2.24) is 29.1 Å². The molecule has 0 spiro atoms. The number of aromatic nitrogens is 4. The maximum absolute atomic E-state index is 17.6. The zero-order valence-corrected chi connectivity index (χ0v) is 36.0. The van der Waals surface area contributed by atoms with Crippen molar-refractivity contribution in [2.45, 2.75) is 76.4 Å². The Hall–Kier alpha value is -5.27. The van der Waals surface area contributed by atoms with Crippen LogP contribution in [0.1, 0.15) is 57.0 Å². The number of ether oxygens (including phenoxy) is 4. The van der Waals surface area contributed by atoms with E-state index in [0.717, 1.165) is 16.7 Å². The van der Waals surface area contributed by atoms with Crippen molar-refractivity contribution < 1.29 is 32.4 Å². The Morgan fingerprint density at radius 2 is 1.58 bits per heavy atom. The van der Waals surface area contributed by atoms with E-state index in [-0.39, 0.29) is 48.8 Å². The summed E-state index contributed by atoms with van der Waals surface area (Å²) in [5, 5.41) is 9.38. The van der Waals surface area contributed by atoms with Crippen LogP contribution < -0.4 is 15.0 Å². The van der Waals surface area contributed by atoms with Crippen LogP contribution in [-0.2, 0) is 24.1 Å². The number of alkyl halides is 1. The fraction of sp³-hybridized carbons (Fsp3) is 0.419. The van der Waals surface area contributed by atoms with E-state index in [9.17, 15) is 10.1 Å². The normalized spacial score (nSPS) is 18.8. The monoisotopic (exact) mass is 842 g/mol. The molecule has 0 amide bonds. The van der Waals surface area contributed by atoms with Crippen molar-refractivity contribution in [3.63, 3.8) is 0 Å². The van der Waals surface area contributed by atoms with Gasteiger partial charge < -0.3 is 32.9 Å². The number of benzene rings is 3. The third kappa shape index (κ3) is 9.52. The van der Waals surface area contributed by atoms with Crippen molar-refractivity contribution >= 4 is 32.0 Å². The van der Waals surface area contributed by atoms with Crippen molar-refractivity contribution in [3.8, 4) is 17.6 Å². The van der Waals surface area contributed by atoms with Crippen LogP contribution in [0.5, 0.6) is 11.5 Å². The zero-order chi connectivity index (χ0) is 43.0. The van der Waals surface area contributed by atoms with Gasteiger partial charge in [0.05, 0.1) is 52.6 Å². The average molecular weight is 843 g/mol. The van der Waals surface area contributed by atoms with Crippen LogP contribution in [-0.4, -0.2) is 107 Å². The fourth-order valence-electron chi connectivity index (χ4n) is 7.19. The van der Waals surface area contributed by atoms with Gasteiger partial charge in [-0.1, -0.05) is 54.6 Å². The quantitative estimate of drug-likeness (QED) is 0.0292. The number of imidazole rings is 1. The largest absolute Gasteiger partial charge is 0.497 e. The van der Waals surface area contributed by atoms with Crippen LogP contribution in [0.15, 0.2) is 95.0 Å². The van der Waals surface area contributed by atoms with Gasteiger partial charge in [0, 0.05) is 26.2 Å². The molecule has 6 rings (SSSR count). The number of H-pyrrole nitrogens is 1. The van der Waals surface area contributed by atoms with Gasteiger partial charge in [0.15, 0.2) is 23.6 Å². The Bertz CT molecular complexity index is 2230. The van der Waals surface area contributed by atoms with Gasteiger partial charge in [-0.05, 0) is 68.7 Å². The van der Waals surface area contributed by atoms with E-state index in [1.165, 1.54) is 17.2 Å². The Labute approximate surface area is 350 Å². The lowest BCUT2D eigenvalue weighted by Gasteiger charge is -2.39. The molecule has 5 atom stereocenters. The molecular formula is C43H52FN8O7P. The maximum Gasteiger partial charge on any atom is 0.280 e. The number of aromatic amines is 1. The van der Waals surface area contributed by atoms with Gasteiger partial charge in [-0.2, -0.15) is 10.2 Å². The molecule has 1 fully saturated rings. The molecule has 3 aromatic carbocycles. The lowest BCUT2D eigenvalue weighted by atomic mass is 9.80. The molecular weight excluding hydrogens is 790 g/mol. The molecule has 15 nitrogen and oxygen atoms in total. The van der Waals surface area contributed by atoms with E-state index < -0.39 is 44.3 Å². The number of nitrogens with one attached hydrogen (secondary N) is 1.